The minimum atomic E-state index is -3.82. The number of carboxylic acid groups (broad SMARTS) is 1. The molecule has 0 unspecified atom stereocenters. The van der Waals surface area contributed by atoms with E-state index in [2.05, 4.69) is 15.9 Å². The van der Waals surface area contributed by atoms with Crippen LogP contribution in [0.1, 0.15) is 12.0 Å². The van der Waals surface area contributed by atoms with Gasteiger partial charge in [-0.25, -0.2) is 9.18 Å². The lowest BCUT2D eigenvalue weighted by molar-refractivity contribution is -0.165. The summed E-state index contributed by atoms with van der Waals surface area (Å²) in [5.74, 6) is -6.64. The van der Waals surface area contributed by atoms with Crippen LogP contribution in [0.25, 0.3) is 0 Å². The first-order valence-corrected chi connectivity index (χ1v) is 5.17. The van der Waals surface area contributed by atoms with Crippen LogP contribution < -0.4 is 0 Å². The van der Waals surface area contributed by atoms with E-state index < -0.39 is 24.1 Å². The molecular formula is C10H8BrF3O2. The predicted octanol–water partition coefficient (Wildman–Crippen LogP) is 3.24. The van der Waals surface area contributed by atoms with Crippen molar-refractivity contribution in [3.05, 3.63) is 34.1 Å². The molecule has 0 saturated heterocycles. The Labute approximate surface area is 98.2 Å². The molecule has 6 heteroatoms. The van der Waals surface area contributed by atoms with E-state index in [0.29, 0.717) is 4.47 Å². The van der Waals surface area contributed by atoms with Crippen LogP contribution in [-0.4, -0.2) is 17.0 Å². The number of aliphatic carboxylic acids is 1. The lowest BCUT2D eigenvalue weighted by Crippen LogP contribution is -2.28. The number of carboxylic acids is 1. The zero-order valence-corrected chi connectivity index (χ0v) is 9.60. The van der Waals surface area contributed by atoms with Crippen LogP contribution in [0.15, 0.2) is 22.7 Å². The van der Waals surface area contributed by atoms with E-state index in [4.69, 9.17) is 5.11 Å². The molecule has 1 aromatic rings. The van der Waals surface area contributed by atoms with Gasteiger partial charge in [0.05, 0.1) is 0 Å². The largest absolute Gasteiger partial charge is 0.477 e. The van der Waals surface area contributed by atoms with Crippen LogP contribution in [-0.2, 0) is 11.2 Å². The Hall–Kier alpha value is -1.04. The fraction of sp³-hybridized carbons (Fsp3) is 0.300. The monoisotopic (exact) mass is 296 g/mol. The maximum Gasteiger partial charge on any atom is 0.374 e. The van der Waals surface area contributed by atoms with Crippen molar-refractivity contribution in [2.45, 2.75) is 18.8 Å². The molecule has 0 radical (unpaired) electrons. The molecule has 0 amide bonds. The maximum absolute atomic E-state index is 13.1. The van der Waals surface area contributed by atoms with Gasteiger partial charge in [-0.1, -0.05) is 15.9 Å². The highest BCUT2D eigenvalue weighted by molar-refractivity contribution is 9.10. The van der Waals surface area contributed by atoms with Crippen molar-refractivity contribution in [1.29, 1.82) is 0 Å². The normalized spacial score (nSPS) is 11.5. The van der Waals surface area contributed by atoms with Crippen molar-refractivity contribution >= 4 is 21.9 Å². The van der Waals surface area contributed by atoms with Gasteiger partial charge in [-0.15, -0.1) is 0 Å². The van der Waals surface area contributed by atoms with E-state index >= 15 is 0 Å². The topological polar surface area (TPSA) is 37.3 Å². The number of carbonyl (C=O) groups is 1. The summed E-state index contributed by atoms with van der Waals surface area (Å²) in [7, 11) is 0. The molecule has 0 aromatic heterocycles. The van der Waals surface area contributed by atoms with Gasteiger partial charge in [0.15, 0.2) is 0 Å². The number of benzene rings is 1. The zero-order valence-electron chi connectivity index (χ0n) is 8.01. The van der Waals surface area contributed by atoms with Crippen LogP contribution in [0, 0.1) is 5.82 Å². The average Bonchev–Trinajstić information content (AvgIpc) is 2.19. The summed E-state index contributed by atoms with van der Waals surface area (Å²) in [5, 5.41) is 8.19. The Balaban J connectivity index is 2.75. The van der Waals surface area contributed by atoms with E-state index in [1.165, 1.54) is 12.1 Å². The quantitative estimate of drug-likeness (QED) is 0.926. The molecule has 0 saturated carbocycles. The third-order valence-corrected chi connectivity index (χ3v) is 2.52. The van der Waals surface area contributed by atoms with E-state index in [-0.39, 0.29) is 12.0 Å². The summed E-state index contributed by atoms with van der Waals surface area (Å²) in [6, 6.07) is 3.93. The van der Waals surface area contributed by atoms with E-state index in [1.54, 1.807) is 0 Å². The minimum absolute atomic E-state index is 0.0651. The number of halogens is 4. The summed E-state index contributed by atoms with van der Waals surface area (Å²) in [6.07, 6.45) is -1.25. The first-order valence-electron chi connectivity index (χ1n) is 4.38. The number of alkyl halides is 2. The van der Waals surface area contributed by atoms with Gasteiger partial charge in [-0.05, 0) is 30.2 Å². The summed E-state index contributed by atoms with van der Waals surface area (Å²) >= 11 is 3.08. The fourth-order valence-corrected chi connectivity index (χ4v) is 1.54. The maximum atomic E-state index is 13.1. The van der Waals surface area contributed by atoms with Gasteiger partial charge in [0.2, 0.25) is 0 Å². The van der Waals surface area contributed by atoms with Crippen molar-refractivity contribution in [3.63, 3.8) is 0 Å². The molecule has 1 rings (SSSR count). The molecule has 2 nitrogen and oxygen atoms in total. The first-order chi connectivity index (χ1) is 7.33. The lowest BCUT2D eigenvalue weighted by atomic mass is 10.1. The number of hydrogen-bond acceptors (Lipinski definition) is 1. The van der Waals surface area contributed by atoms with Crippen molar-refractivity contribution in [3.8, 4) is 0 Å². The van der Waals surface area contributed by atoms with Crippen LogP contribution in [0.3, 0.4) is 0 Å². The molecule has 0 aliphatic rings. The van der Waals surface area contributed by atoms with Crippen LogP contribution in [0.4, 0.5) is 13.2 Å². The van der Waals surface area contributed by atoms with Gasteiger partial charge in [0.1, 0.15) is 5.82 Å². The van der Waals surface area contributed by atoms with Crippen LogP contribution >= 0.6 is 15.9 Å². The fourth-order valence-electron chi connectivity index (χ4n) is 1.13. The highest BCUT2D eigenvalue weighted by Gasteiger charge is 2.38. The molecule has 0 bridgehead atoms. The van der Waals surface area contributed by atoms with Crippen molar-refractivity contribution in [2.75, 3.05) is 0 Å². The Morgan fingerprint density at radius 3 is 2.62 bits per heavy atom. The van der Waals surface area contributed by atoms with Crippen molar-refractivity contribution < 1.29 is 23.1 Å². The average molecular weight is 297 g/mol. The SMILES string of the molecule is O=C(O)C(F)(F)CCc1cc(Br)ccc1F. The molecular weight excluding hydrogens is 289 g/mol. The van der Waals surface area contributed by atoms with Gasteiger partial charge < -0.3 is 5.11 Å². The predicted molar refractivity (Wildman–Crippen MR) is 55.0 cm³/mol. The van der Waals surface area contributed by atoms with E-state index in [0.717, 1.165) is 6.07 Å². The third-order valence-electron chi connectivity index (χ3n) is 2.03. The molecule has 0 fully saturated rings. The van der Waals surface area contributed by atoms with Crippen molar-refractivity contribution in [2.24, 2.45) is 0 Å². The number of aryl methyl sites for hydroxylation is 1. The van der Waals surface area contributed by atoms with Crippen LogP contribution in [0.2, 0.25) is 0 Å². The van der Waals surface area contributed by atoms with Gasteiger partial charge in [-0.3, -0.25) is 0 Å². The van der Waals surface area contributed by atoms with Gasteiger partial charge >= 0.3 is 11.9 Å². The third kappa shape index (κ3) is 3.23. The summed E-state index contributed by atoms with van der Waals surface area (Å²) in [5.41, 5.74) is 0.0651. The molecule has 1 aromatic carbocycles. The van der Waals surface area contributed by atoms with Gasteiger partial charge in [0, 0.05) is 10.9 Å². The summed E-state index contributed by atoms with van der Waals surface area (Å²) in [6.45, 7) is 0. The van der Waals surface area contributed by atoms with E-state index in [1.807, 2.05) is 0 Å². The summed E-state index contributed by atoms with van der Waals surface area (Å²) < 4.78 is 39.2. The van der Waals surface area contributed by atoms with E-state index in [9.17, 15) is 18.0 Å². The second kappa shape index (κ2) is 4.86. The second-order valence-corrected chi connectivity index (χ2v) is 4.16. The Bertz CT molecular complexity index is 407. The van der Waals surface area contributed by atoms with Crippen LogP contribution in [0.5, 0.6) is 0 Å². The molecule has 0 aliphatic carbocycles. The number of hydrogen-bond donors (Lipinski definition) is 1. The molecule has 16 heavy (non-hydrogen) atoms. The molecule has 0 atom stereocenters. The van der Waals surface area contributed by atoms with Gasteiger partial charge in [0.25, 0.3) is 0 Å². The first kappa shape index (κ1) is 13.0. The highest BCUT2D eigenvalue weighted by Crippen LogP contribution is 2.23. The lowest BCUT2D eigenvalue weighted by Gasteiger charge is -2.11. The molecule has 1 N–H and O–H groups in total. The number of rotatable bonds is 4. The smallest absolute Gasteiger partial charge is 0.374 e. The minimum Gasteiger partial charge on any atom is -0.477 e. The molecule has 0 aliphatic heterocycles. The van der Waals surface area contributed by atoms with Crippen molar-refractivity contribution in [1.82, 2.24) is 0 Å². The standard InChI is InChI=1S/C10H8BrF3O2/c11-7-1-2-8(12)6(5-7)3-4-10(13,14)9(15)16/h1-2,5H,3-4H2,(H,15,16). The molecule has 0 spiro atoms. The highest BCUT2D eigenvalue weighted by atomic mass is 79.9. The molecule has 0 heterocycles. The molecule has 88 valence electrons. The second-order valence-electron chi connectivity index (χ2n) is 3.25. The Morgan fingerprint density at radius 2 is 2.06 bits per heavy atom. The summed E-state index contributed by atoms with van der Waals surface area (Å²) in [4.78, 5) is 10.1. The zero-order chi connectivity index (χ0) is 12.3. The Kier molecular flexibility index (Phi) is 3.96. The van der Waals surface area contributed by atoms with Gasteiger partial charge in [-0.2, -0.15) is 8.78 Å². The Morgan fingerprint density at radius 1 is 1.44 bits per heavy atom.